The average molecular weight is 230 g/mol. The van der Waals surface area contributed by atoms with Crippen LogP contribution in [0.1, 0.15) is 25.0 Å². The molecule has 1 aromatic carbocycles. The second-order valence-electron chi connectivity index (χ2n) is 3.22. The minimum Gasteiger partial charge on any atom is -0.492 e. The Hall–Kier alpha value is -0.770. The van der Waals surface area contributed by atoms with Gasteiger partial charge in [-0.3, -0.25) is 0 Å². The first-order valence-electron chi connectivity index (χ1n) is 4.99. The summed E-state index contributed by atoms with van der Waals surface area (Å²) in [5.41, 5.74) is 6.14. The maximum atomic E-state index is 9.69. The molecule has 0 aliphatic carbocycles. The Balaban J connectivity index is 2.81. The molecule has 3 nitrogen and oxygen atoms in total. The molecule has 4 heteroatoms. The number of halogens is 1. The van der Waals surface area contributed by atoms with E-state index in [0.29, 0.717) is 30.3 Å². The van der Waals surface area contributed by atoms with Crippen molar-refractivity contribution in [1.82, 2.24) is 0 Å². The fourth-order valence-corrected chi connectivity index (χ4v) is 1.56. The average Bonchev–Trinajstić information content (AvgIpc) is 2.21. The second-order valence-corrected chi connectivity index (χ2v) is 3.62. The van der Waals surface area contributed by atoms with Gasteiger partial charge in [0.15, 0.2) is 0 Å². The molecular weight excluding hydrogens is 214 g/mol. The van der Waals surface area contributed by atoms with E-state index in [4.69, 9.17) is 22.1 Å². The van der Waals surface area contributed by atoms with Gasteiger partial charge in [-0.25, -0.2) is 0 Å². The lowest BCUT2D eigenvalue weighted by Crippen LogP contribution is -2.06. The monoisotopic (exact) mass is 229 g/mol. The molecule has 84 valence electrons. The SMILES string of the molecule is CCOc1ccc(C(O)CCN)cc1Cl. The van der Waals surface area contributed by atoms with Crippen LogP contribution in [0, 0.1) is 0 Å². The number of ether oxygens (including phenoxy) is 1. The van der Waals surface area contributed by atoms with E-state index in [9.17, 15) is 5.11 Å². The highest BCUT2D eigenvalue weighted by Crippen LogP contribution is 2.28. The molecule has 1 unspecified atom stereocenters. The van der Waals surface area contributed by atoms with Gasteiger partial charge < -0.3 is 15.6 Å². The van der Waals surface area contributed by atoms with Crippen LogP contribution in [0.15, 0.2) is 18.2 Å². The molecule has 0 fully saturated rings. The predicted octanol–water partition coefficient (Wildman–Crippen LogP) is 2.12. The summed E-state index contributed by atoms with van der Waals surface area (Å²) < 4.78 is 5.29. The highest BCUT2D eigenvalue weighted by molar-refractivity contribution is 6.32. The highest BCUT2D eigenvalue weighted by atomic mass is 35.5. The Morgan fingerprint density at radius 1 is 1.53 bits per heavy atom. The molecule has 0 heterocycles. The molecule has 15 heavy (non-hydrogen) atoms. The Morgan fingerprint density at radius 2 is 2.27 bits per heavy atom. The van der Waals surface area contributed by atoms with Gasteiger partial charge in [0.1, 0.15) is 5.75 Å². The van der Waals surface area contributed by atoms with E-state index >= 15 is 0 Å². The summed E-state index contributed by atoms with van der Waals surface area (Å²) in [6.45, 7) is 2.92. The maximum Gasteiger partial charge on any atom is 0.137 e. The molecule has 0 aliphatic rings. The number of benzene rings is 1. The van der Waals surface area contributed by atoms with Gasteiger partial charge in [0, 0.05) is 0 Å². The van der Waals surface area contributed by atoms with Gasteiger partial charge in [-0.15, -0.1) is 0 Å². The van der Waals surface area contributed by atoms with E-state index in [2.05, 4.69) is 0 Å². The topological polar surface area (TPSA) is 55.5 Å². The lowest BCUT2D eigenvalue weighted by molar-refractivity contribution is 0.170. The molecule has 0 bridgehead atoms. The standard InChI is InChI=1S/C11H16ClNO2/c1-2-15-11-4-3-8(7-9(11)12)10(14)5-6-13/h3-4,7,10,14H,2,5-6,13H2,1H3. The van der Waals surface area contributed by atoms with Gasteiger partial charge in [-0.2, -0.15) is 0 Å². The third kappa shape index (κ3) is 3.38. The van der Waals surface area contributed by atoms with Gasteiger partial charge in [0.2, 0.25) is 0 Å². The summed E-state index contributed by atoms with van der Waals surface area (Å²) in [7, 11) is 0. The van der Waals surface area contributed by atoms with Crippen LogP contribution in [-0.2, 0) is 0 Å². The van der Waals surface area contributed by atoms with Crippen LogP contribution >= 0.6 is 11.6 Å². The molecule has 0 amide bonds. The van der Waals surface area contributed by atoms with Crippen LogP contribution < -0.4 is 10.5 Å². The van der Waals surface area contributed by atoms with E-state index in [1.165, 1.54) is 0 Å². The molecule has 0 spiro atoms. The van der Waals surface area contributed by atoms with Crippen LogP contribution in [0.4, 0.5) is 0 Å². The van der Waals surface area contributed by atoms with Gasteiger partial charge in [-0.1, -0.05) is 17.7 Å². The minimum atomic E-state index is -0.553. The molecule has 1 atom stereocenters. The molecule has 1 aromatic rings. The van der Waals surface area contributed by atoms with Crippen LogP contribution in [0.5, 0.6) is 5.75 Å². The van der Waals surface area contributed by atoms with E-state index in [-0.39, 0.29) is 0 Å². The minimum absolute atomic E-state index is 0.450. The summed E-state index contributed by atoms with van der Waals surface area (Å²) in [5.74, 6) is 0.642. The number of aliphatic hydroxyl groups excluding tert-OH is 1. The number of aliphatic hydroxyl groups is 1. The second kappa shape index (κ2) is 5.95. The summed E-state index contributed by atoms with van der Waals surface area (Å²) >= 11 is 5.99. The van der Waals surface area contributed by atoms with Gasteiger partial charge in [0.25, 0.3) is 0 Å². The van der Waals surface area contributed by atoms with Crippen molar-refractivity contribution >= 4 is 11.6 Å². The van der Waals surface area contributed by atoms with Gasteiger partial charge in [-0.05, 0) is 37.6 Å². The number of hydrogen-bond acceptors (Lipinski definition) is 3. The third-order valence-electron chi connectivity index (χ3n) is 2.08. The number of nitrogens with two attached hydrogens (primary N) is 1. The van der Waals surface area contributed by atoms with Crippen molar-refractivity contribution in [3.63, 3.8) is 0 Å². The summed E-state index contributed by atoms with van der Waals surface area (Å²) in [5, 5.41) is 10.2. The lowest BCUT2D eigenvalue weighted by Gasteiger charge is -2.12. The quantitative estimate of drug-likeness (QED) is 0.813. The predicted molar refractivity (Wildman–Crippen MR) is 61.3 cm³/mol. The molecule has 1 rings (SSSR count). The van der Waals surface area contributed by atoms with Crippen LogP contribution in [-0.4, -0.2) is 18.3 Å². The zero-order chi connectivity index (χ0) is 11.3. The summed E-state index contributed by atoms with van der Waals surface area (Å²) in [6, 6.07) is 5.28. The van der Waals surface area contributed by atoms with Crippen molar-refractivity contribution in [3.8, 4) is 5.75 Å². The van der Waals surface area contributed by atoms with Crippen molar-refractivity contribution in [2.45, 2.75) is 19.4 Å². The van der Waals surface area contributed by atoms with Crippen LogP contribution in [0.3, 0.4) is 0 Å². The van der Waals surface area contributed by atoms with Crippen LogP contribution in [0.2, 0.25) is 5.02 Å². The van der Waals surface area contributed by atoms with Crippen molar-refractivity contribution in [2.75, 3.05) is 13.2 Å². The molecule has 0 aromatic heterocycles. The Kier molecular flexibility index (Phi) is 4.88. The number of hydrogen-bond donors (Lipinski definition) is 2. The molecular formula is C11H16ClNO2. The van der Waals surface area contributed by atoms with Crippen molar-refractivity contribution in [3.05, 3.63) is 28.8 Å². The smallest absolute Gasteiger partial charge is 0.137 e. The summed E-state index contributed by atoms with van der Waals surface area (Å²) in [6.07, 6.45) is -0.0206. The Bertz CT molecular complexity index is 317. The van der Waals surface area contributed by atoms with Gasteiger partial charge in [0.05, 0.1) is 17.7 Å². The van der Waals surface area contributed by atoms with E-state index < -0.39 is 6.10 Å². The lowest BCUT2D eigenvalue weighted by atomic mass is 10.1. The van der Waals surface area contributed by atoms with Crippen molar-refractivity contribution < 1.29 is 9.84 Å². The first-order valence-corrected chi connectivity index (χ1v) is 5.37. The zero-order valence-electron chi connectivity index (χ0n) is 8.74. The fourth-order valence-electron chi connectivity index (χ4n) is 1.32. The Morgan fingerprint density at radius 3 is 2.80 bits per heavy atom. The van der Waals surface area contributed by atoms with E-state index in [1.54, 1.807) is 18.2 Å². The third-order valence-corrected chi connectivity index (χ3v) is 2.38. The molecule has 0 saturated heterocycles. The molecule has 0 saturated carbocycles. The fraction of sp³-hybridized carbons (Fsp3) is 0.455. The first-order chi connectivity index (χ1) is 7.19. The molecule has 0 radical (unpaired) electrons. The van der Waals surface area contributed by atoms with Crippen molar-refractivity contribution in [2.24, 2.45) is 5.73 Å². The van der Waals surface area contributed by atoms with Crippen molar-refractivity contribution in [1.29, 1.82) is 0 Å². The molecule has 3 N–H and O–H groups in total. The maximum absolute atomic E-state index is 9.69. The van der Waals surface area contributed by atoms with E-state index in [1.807, 2.05) is 6.92 Å². The van der Waals surface area contributed by atoms with Crippen LogP contribution in [0.25, 0.3) is 0 Å². The van der Waals surface area contributed by atoms with E-state index in [0.717, 1.165) is 5.56 Å². The highest BCUT2D eigenvalue weighted by Gasteiger charge is 2.09. The molecule has 0 aliphatic heterocycles. The Labute approximate surface area is 94.8 Å². The number of rotatable bonds is 5. The normalized spacial score (nSPS) is 12.5. The van der Waals surface area contributed by atoms with Gasteiger partial charge >= 0.3 is 0 Å². The largest absolute Gasteiger partial charge is 0.492 e. The summed E-state index contributed by atoms with van der Waals surface area (Å²) in [4.78, 5) is 0. The first kappa shape index (κ1) is 12.3. The zero-order valence-corrected chi connectivity index (χ0v) is 9.50.